The molecule has 8 heteroatoms. The summed E-state index contributed by atoms with van der Waals surface area (Å²) in [5.74, 6) is -0.973. The summed E-state index contributed by atoms with van der Waals surface area (Å²) in [6.45, 7) is 0.251. The van der Waals surface area contributed by atoms with Crippen molar-refractivity contribution in [3.63, 3.8) is 0 Å². The molecule has 0 fully saturated rings. The highest BCUT2D eigenvalue weighted by Gasteiger charge is 2.20. The second kappa shape index (κ2) is 6.77. The van der Waals surface area contributed by atoms with Crippen molar-refractivity contribution in [2.45, 2.75) is 13.2 Å². The number of nitrogens with zero attached hydrogens (tertiary/aromatic N) is 3. The van der Waals surface area contributed by atoms with Gasteiger partial charge in [-0.05, 0) is 18.2 Å². The fraction of sp³-hybridized carbons (Fsp3) is 0.308. The van der Waals surface area contributed by atoms with Crippen LogP contribution in [-0.4, -0.2) is 35.2 Å². The minimum atomic E-state index is -0.608. The first-order valence-corrected chi connectivity index (χ1v) is 6.79. The topological polar surface area (TPSA) is 66.2 Å². The molecule has 1 heterocycles. The van der Waals surface area contributed by atoms with Crippen LogP contribution in [0.4, 0.5) is 4.39 Å². The van der Waals surface area contributed by atoms with E-state index in [9.17, 15) is 9.18 Å². The summed E-state index contributed by atoms with van der Waals surface area (Å²) in [6, 6.07) is 4.61. The third kappa shape index (κ3) is 3.45. The van der Waals surface area contributed by atoms with E-state index in [0.29, 0.717) is 11.3 Å². The zero-order valence-corrected chi connectivity index (χ0v) is 13.1. The van der Waals surface area contributed by atoms with Gasteiger partial charge < -0.3 is 9.47 Å². The van der Waals surface area contributed by atoms with Crippen LogP contribution in [0.15, 0.2) is 22.7 Å². The number of hydrogen-bond donors (Lipinski definition) is 0. The number of methoxy groups -OCH3 is 2. The van der Waals surface area contributed by atoms with Gasteiger partial charge in [-0.1, -0.05) is 21.1 Å². The van der Waals surface area contributed by atoms with Gasteiger partial charge in [0.25, 0.3) is 0 Å². The second-order valence-corrected chi connectivity index (χ2v) is 5.12. The zero-order valence-electron chi connectivity index (χ0n) is 11.5. The number of rotatable bonds is 5. The first-order chi connectivity index (χ1) is 10.1. The minimum Gasteiger partial charge on any atom is -0.464 e. The van der Waals surface area contributed by atoms with Crippen LogP contribution in [0.5, 0.6) is 0 Å². The van der Waals surface area contributed by atoms with Gasteiger partial charge in [0.15, 0.2) is 5.69 Å². The summed E-state index contributed by atoms with van der Waals surface area (Å²) in [5, 5.41) is 7.65. The number of ether oxygens (including phenoxy) is 2. The van der Waals surface area contributed by atoms with E-state index in [4.69, 9.17) is 4.74 Å². The molecule has 0 aliphatic carbocycles. The highest BCUT2D eigenvalue weighted by Crippen LogP contribution is 2.18. The summed E-state index contributed by atoms with van der Waals surface area (Å²) >= 11 is 3.29. The highest BCUT2D eigenvalue weighted by molar-refractivity contribution is 9.10. The number of halogens is 2. The van der Waals surface area contributed by atoms with Gasteiger partial charge >= 0.3 is 5.97 Å². The van der Waals surface area contributed by atoms with E-state index < -0.39 is 5.97 Å². The monoisotopic (exact) mass is 357 g/mol. The lowest BCUT2D eigenvalue weighted by molar-refractivity contribution is 0.0588. The summed E-state index contributed by atoms with van der Waals surface area (Å²) in [4.78, 5) is 11.6. The van der Waals surface area contributed by atoms with E-state index in [1.807, 2.05) is 0 Å². The van der Waals surface area contributed by atoms with E-state index in [-0.39, 0.29) is 24.7 Å². The summed E-state index contributed by atoms with van der Waals surface area (Å²) in [7, 11) is 2.74. The lowest BCUT2D eigenvalue weighted by Crippen LogP contribution is -2.12. The Morgan fingerprint density at radius 2 is 2.19 bits per heavy atom. The third-order valence-corrected chi connectivity index (χ3v) is 3.32. The van der Waals surface area contributed by atoms with Gasteiger partial charge in [0, 0.05) is 17.1 Å². The SMILES string of the molecule is COCc1c(C(=O)OC)nnn1Cc1cc(Br)ccc1F. The Balaban J connectivity index is 2.37. The van der Waals surface area contributed by atoms with Crippen molar-refractivity contribution in [2.24, 2.45) is 0 Å². The van der Waals surface area contributed by atoms with E-state index in [0.717, 1.165) is 4.47 Å². The fourth-order valence-electron chi connectivity index (χ4n) is 1.82. The second-order valence-electron chi connectivity index (χ2n) is 4.20. The van der Waals surface area contributed by atoms with Crippen molar-refractivity contribution < 1.29 is 18.7 Å². The van der Waals surface area contributed by atoms with Gasteiger partial charge in [-0.25, -0.2) is 13.9 Å². The molecule has 112 valence electrons. The molecule has 6 nitrogen and oxygen atoms in total. The molecule has 1 aromatic heterocycles. The molecule has 0 bridgehead atoms. The maximum Gasteiger partial charge on any atom is 0.360 e. The quantitative estimate of drug-likeness (QED) is 0.767. The smallest absolute Gasteiger partial charge is 0.360 e. The van der Waals surface area contributed by atoms with Gasteiger partial charge in [-0.2, -0.15) is 0 Å². The first-order valence-electron chi connectivity index (χ1n) is 6.00. The Labute approximate surface area is 129 Å². The number of esters is 1. The van der Waals surface area contributed by atoms with Crippen molar-refractivity contribution in [1.82, 2.24) is 15.0 Å². The van der Waals surface area contributed by atoms with Gasteiger partial charge in [0.2, 0.25) is 0 Å². The van der Waals surface area contributed by atoms with Gasteiger partial charge in [0.05, 0.1) is 26.0 Å². The lowest BCUT2D eigenvalue weighted by Gasteiger charge is -2.08. The zero-order chi connectivity index (χ0) is 15.4. The predicted octanol–water partition coefficient (Wildman–Crippen LogP) is 2.16. The Hall–Kier alpha value is -1.80. The van der Waals surface area contributed by atoms with E-state index in [1.54, 1.807) is 12.1 Å². The van der Waals surface area contributed by atoms with Crippen LogP contribution in [0, 0.1) is 5.82 Å². The molecule has 0 aliphatic rings. The van der Waals surface area contributed by atoms with E-state index >= 15 is 0 Å². The highest BCUT2D eigenvalue weighted by atomic mass is 79.9. The van der Waals surface area contributed by atoms with Gasteiger partial charge in [-0.15, -0.1) is 5.10 Å². The van der Waals surface area contributed by atoms with Crippen molar-refractivity contribution in [3.8, 4) is 0 Å². The lowest BCUT2D eigenvalue weighted by atomic mass is 10.2. The molecule has 2 aromatic rings. The normalized spacial score (nSPS) is 10.7. The fourth-order valence-corrected chi connectivity index (χ4v) is 2.23. The number of hydrogen-bond acceptors (Lipinski definition) is 5. The molecule has 0 N–H and O–H groups in total. The van der Waals surface area contributed by atoms with Crippen molar-refractivity contribution in [3.05, 3.63) is 45.4 Å². The first kappa shape index (κ1) is 15.6. The van der Waals surface area contributed by atoms with Crippen molar-refractivity contribution in [1.29, 1.82) is 0 Å². The molecule has 0 saturated heterocycles. The Morgan fingerprint density at radius 3 is 2.86 bits per heavy atom. The number of carbonyl (C=O) groups is 1. The average molecular weight is 358 g/mol. The molecular weight excluding hydrogens is 345 g/mol. The van der Waals surface area contributed by atoms with Crippen molar-refractivity contribution >= 4 is 21.9 Å². The van der Waals surface area contributed by atoms with Crippen molar-refractivity contribution in [2.75, 3.05) is 14.2 Å². The summed E-state index contributed by atoms with van der Waals surface area (Å²) in [6.07, 6.45) is 0. The van der Waals surface area contributed by atoms with Gasteiger partial charge in [-0.3, -0.25) is 0 Å². The molecule has 0 amide bonds. The van der Waals surface area contributed by atoms with Crippen LogP contribution < -0.4 is 0 Å². The molecule has 0 aliphatic heterocycles. The van der Waals surface area contributed by atoms with E-state index in [2.05, 4.69) is 31.0 Å². The molecule has 2 rings (SSSR count). The van der Waals surface area contributed by atoms with Crippen LogP contribution in [0.1, 0.15) is 21.7 Å². The summed E-state index contributed by atoms with van der Waals surface area (Å²) < 4.78 is 25.6. The molecular formula is C13H13BrFN3O3. The third-order valence-electron chi connectivity index (χ3n) is 2.83. The predicted molar refractivity (Wildman–Crippen MR) is 75.3 cm³/mol. The molecule has 0 spiro atoms. The Kier molecular flexibility index (Phi) is 5.03. The average Bonchev–Trinajstić information content (AvgIpc) is 2.85. The number of aromatic nitrogens is 3. The van der Waals surface area contributed by atoms with Crippen LogP contribution in [-0.2, 0) is 22.6 Å². The molecule has 21 heavy (non-hydrogen) atoms. The maximum atomic E-state index is 13.8. The molecule has 0 saturated carbocycles. The number of benzene rings is 1. The molecule has 0 unspecified atom stereocenters. The molecule has 1 aromatic carbocycles. The van der Waals surface area contributed by atoms with E-state index in [1.165, 1.54) is 25.0 Å². The Bertz CT molecular complexity index is 660. The molecule has 0 radical (unpaired) electrons. The summed E-state index contributed by atoms with van der Waals surface area (Å²) in [5.41, 5.74) is 0.918. The maximum absolute atomic E-state index is 13.8. The number of carbonyl (C=O) groups excluding carboxylic acids is 1. The minimum absolute atomic E-state index is 0.0646. The van der Waals surface area contributed by atoms with Crippen LogP contribution in [0.25, 0.3) is 0 Å². The standard InChI is InChI=1S/C13H13BrFN3O3/c1-20-7-11-12(13(19)21-2)16-17-18(11)6-8-5-9(14)3-4-10(8)15/h3-5H,6-7H2,1-2H3. The Morgan fingerprint density at radius 1 is 1.43 bits per heavy atom. The van der Waals surface area contributed by atoms with Gasteiger partial charge in [0.1, 0.15) is 5.82 Å². The largest absolute Gasteiger partial charge is 0.464 e. The van der Waals surface area contributed by atoms with Crippen LogP contribution in [0.2, 0.25) is 0 Å². The van der Waals surface area contributed by atoms with Crippen LogP contribution >= 0.6 is 15.9 Å². The molecule has 0 atom stereocenters. The van der Waals surface area contributed by atoms with Crippen LogP contribution in [0.3, 0.4) is 0 Å².